The van der Waals surface area contributed by atoms with Crippen molar-refractivity contribution in [1.82, 2.24) is 4.98 Å². The van der Waals surface area contributed by atoms with Crippen LogP contribution in [0.1, 0.15) is 73.4 Å². The summed E-state index contributed by atoms with van der Waals surface area (Å²) in [6, 6.07) is 16.9. The Balaban J connectivity index is 1.68. The van der Waals surface area contributed by atoms with Gasteiger partial charge in [-0.25, -0.2) is 0 Å². The van der Waals surface area contributed by atoms with Gasteiger partial charge in [-0.2, -0.15) is 0 Å². The highest BCUT2D eigenvalue weighted by atomic mass is 16.3. The summed E-state index contributed by atoms with van der Waals surface area (Å²) in [7, 11) is 0. The van der Waals surface area contributed by atoms with Crippen LogP contribution in [0.25, 0.3) is 0 Å². The van der Waals surface area contributed by atoms with Crippen LogP contribution in [0.5, 0.6) is 0 Å². The number of aliphatic hydroxyl groups excluding tert-OH is 1. The summed E-state index contributed by atoms with van der Waals surface area (Å²) in [5.41, 5.74) is 2.05. The fraction of sp³-hybridized carbons (Fsp3) is 0.385. The van der Waals surface area contributed by atoms with Crippen LogP contribution in [-0.2, 0) is 6.42 Å². The first-order valence-corrected chi connectivity index (χ1v) is 11.2. The molecule has 1 unspecified atom stereocenters. The van der Waals surface area contributed by atoms with Crippen molar-refractivity contribution in [3.05, 3.63) is 84.1 Å². The number of aliphatic hydroxyl groups is 1. The van der Waals surface area contributed by atoms with E-state index in [2.05, 4.69) is 11.9 Å². The molecular weight excluding hydrogens is 388 g/mol. The molecule has 5 heteroatoms. The predicted molar refractivity (Wildman–Crippen MR) is 123 cm³/mol. The Hall–Kier alpha value is -2.92. The van der Waals surface area contributed by atoms with Gasteiger partial charge in [-0.1, -0.05) is 44.4 Å². The summed E-state index contributed by atoms with van der Waals surface area (Å²) in [6.07, 6.45) is 9.36. The number of benzene rings is 1. The van der Waals surface area contributed by atoms with E-state index in [1.807, 2.05) is 54.6 Å². The summed E-state index contributed by atoms with van der Waals surface area (Å²) >= 11 is 0. The van der Waals surface area contributed by atoms with E-state index >= 15 is 0 Å². The van der Waals surface area contributed by atoms with Crippen molar-refractivity contribution in [2.24, 2.45) is 0 Å². The number of furan rings is 1. The van der Waals surface area contributed by atoms with E-state index in [1.165, 1.54) is 0 Å². The zero-order valence-electron chi connectivity index (χ0n) is 18.2. The maximum Gasteiger partial charge on any atom is 0.258 e. The number of aryl methyl sites for hydroxylation is 1. The van der Waals surface area contributed by atoms with E-state index in [-0.39, 0.29) is 5.91 Å². The van der Waals surface area contributed by atoms with E-state index in [4.69, 9.17) is 4.42 Å². The molecule has 5 nitrogen and oxygen atoms in total. The summed E-state index contributed by atoms with van der Waals surface area (Å²) < 4.78 is 5.40. The number of unbranched alkanes of at least 4 members (excludes halogenated alkanes) is 3. The molecule has 0 bridgehead atoms. The van der Waals surface area contributed by atoms with Crippen LogP contribution >= 0.6 is 0 Å². The van der Waals surface area contributed by atoms with Gasteiger partial charge in [0.25, 0.3) is 5.91 Å². The van der Waals surface area contributed by atoms with E-state index in [1.54, 1.807) is 17.4 Å². The number of aromatic nitrogens is 1. The fourth-order valence-corrected chi connectivity index (χ4v) is 3.60. The van der Waals surface area contributed by atoms with Gasteiger partial charge in [0.15, 0.2) is 0 Å². The van der Waals surface area contributed by atoms with Crippen molar-refractivity contribution in [3.63, 3.8) is 0 Å². The number of nitrogens with zero attached hydrogens (tertiary/aromatic N) is 2. The molecule has 1 atom stereocenters. The molecule has 1 N–H and O–H groups in total. The predicted octanol–water partition coefficient (Wildman–Crippen LogP) is 5.96. The third kappa shape index (κ3) is 6.79. The maximum atomic E-state index is 13.2. The molecular formula is C26H32N2O3. The Morgan fingerprint density at radius 1 is 1.03 bits per heavy atom. The minimum atomic E-state index is -0.563. The van der Waals surface area contributed by atoms with Gasteiger partial charge in [0, 0.05) is 18.5 Å². The molecule has 3 aromatic rings. The van der Waals surface area contributed by atoms with Gasteiger partial charge in [0.05, 0.1) is 29.9 Å². The van der Waals surface area contributed by atoms with Crippen LogP contribution in [0.3, 0.4) is 0 Å². The lowest BCUT2D eigenvalue weighted by atomic mass is 10.1. The highest BCUT2D eigenvalue weighted by Crippen LogP contribution is 2.22. The average molecular weight is 421 g/mol. The van der Waals surface area contributed by atoms with Crippen molar-refractivity contribution in [2.75, 3.05) is 11.4 Å². The molecule has 0 aliphatic carbocycles. The third-order valence-electron chi connectivity index (χ3n) is 5.41. The second-order valence-electron chi connectivity index (χ2n) is 7.81. The van der Waals surface area contributed by atoms with Gasteiger partial charge in [-0.3, -0.25) is 9.78 Å². The maximum absolute atomic E-state index is 13.2. The molecule has 0 aliphatic heterocycles. The lowest BCUT2D eigenvalue weighted by Gasteiger charge is -2.23. The number of hydrogen-bond acceptors (Lipinski definition) is 4. The van der Waals surface area contributed by atoms with Crippen LogP contribution in [0.4, 0.5) is 5.69 Å². The van der Waals surface area contributed by atoms with Crippen LogP contribution in [0.15, 0.2) is 71.5 Å². The first-order chi connectivity index (χ1) is 15.2. The van der Waals surface area contributed by atoms with Crippen LogP contribution < -0.4 is 4.90 Å². The molecule has 1 aromatic carbocycles. The minimum absolute atomic E-state index is 0.0448. The van der Waals surface area contributed by atoms with Gasteiger partial charge >= 0.3 is 0 Å². The van der Waals surface area contributed by atoms with Crippen molar-refractivity contribution in [3.8, 4) is 0 Å². The van der Waals surface area contributed by atoms with Gasteiger partial charge in [0.1, 0.15) is 5.76 Å². The van der Waals surface area contributed by atoms with Crippen LogP contribution in [-0.4, -0.2) is 22.5 Å². The average Bonchev–Trinajstić information content (AvgIpc) is 3.33. The van der Waals surface area contributed by atoms with E-state index in [0.717, 1.165) is 50.0 Å². The van der Waals surface area contributed by atoms with E-state index in [0.29, 0.717) is 24.2 Å². The van der Waals surface area contributed by atoms with Gasteiger partial charge in [0.2, 0.25) is 0 Å². The molecule has 0 fully saturated rings. The fourth-order valence-electron chi connectivity index (χ4n) is 3.60. The molecule has 164 valence electrons. The largest absolute Gasteiger partial charge is 0.469 e. The smallest absolute Gasteiger partial charge is 0.258 e. The standard InChI is InChI=1S/C26H32N2O3/c1-2-3-5-15-25(29)24-17-16-22(20-27-24)28(26(30)21-11-6-4-7-12-21)18-9-8-13-23-14-10-19-31-23/h4,6-7,10-12,14,16-17,19-20,25,29H,2-3,5,8-9,13,15,18H2,1H3. The molecule has 0 saturated carbocycles. The Kier molecular flexibility index (Phi) is 8.85. The van der Waals surface area contributed by atoms with Gasteiger partial charge in [-0.05, 0) is 55.7 Å². The highest BCUT2D eigenvalue weighted by Gasteiger charge is 2.18. The number of amides is 1. The second kappa shape index (κ2) is 12.1. The number of anilines is 1. The molecule has 2 aromatic heterocycles. The molecule has 2 heterocycles. The number of carbonyl (C=O) groups is 1. The molecule has 3 rings (SSSR count). The number of pyridine rings is 1. The highest BCUT2D eigenvalue weighted by molar-refractivity contribution is 6.05. The lowest BCUT2D eigenvalue weighted by molar-refractivity contribution is 0.0986. The Morgan fingerprint density at radius 3 is 2.55 bits per heavy atom. The molecule has 0 radical (unpaired) electrons. The molecule has 0 aliphatic rings. The summed E-state index contributed by atoms with van der Waals surface area (Å²) in [5.74, 6) is 0.917. The Bertz CT molecular complexity index is 892. The topological polar surface area (TPSA) is 66.6 Å². The van der Waals surface area contributed by atoms with Crippen LogP contribution in [0, 0.1) is 0 Å². The normalized spacial score (nSPS) is 11.9. The van der Waals surface area contributed by atoms with Crippen molar-refractivity contribution < 1.29 is 14.3 Å². The number of carbonyl (C=O) groups excluding carboxylic acids is 1. The van der Waals surface area contributed by atoms with E-state index in [9.17, 15) is 9.90 Å². The monoisotopic (exact) mass is 420 g/mol. The van der Waals surface area contributed by atoms with Gasteiger partial charge in [-0.15, -0.1) is 0 Å². The van der Waals surface area contributed by atoms with Gasteiger partial charge < -0.3 is 14.4 Å². The SMILES string of the molecule is CCCCCC(O)c1ccc(N(CCCCc2ccco2)C(=O)c2ccccc2)cn1. The number of rotatable bonds is 12. The first-order valence-electron chi connectivity index (χ1n) is 11.2. The quantitative estimate of drug-likeness (QED) is 0.367. The Morgan fingerprint density at radius 2 is 1.87 bits per heavy atom. The molecule has 1 amide bonds. The molecule has 31 heavy (non-hydrogen) atoms. The lowest BCUT2D eigenvalue weighted by Crippen LogP contribution is -2.32. The number of hydrogen-bond donors (Lipinski definition) is 1. The Labute approximate surface area is 184 Å². The van der Waals surface area contributed by atoms with Crippen LogP contribution in [0.2, 0.25) is 0 Å². The van der Waals surface area contributed by atoms with Crippen molar-refractivity contribution >= 4 is 11.6 Å². The van der Waals surface area contributed by atoms with Crippen molar-refractivity contribution in [1.29, 1.82) is 0 Å². The molecule has 0 saturated heterocycles. The zero-order chi connectivity index (χ0) is 21.9. The zero-order valence-corrected chi connectivity index (χ0v) is 18.2. The molecule has 0 spiro atoms. The second-order valence-corrected chi connectivity index (χ2v) is 7.81. The summed E-state index contributed by atoms with van der Waals surface area (Å²) in [4.78, 5) is 19.4. The minimum Gasteiger partial charge on any atom is -0.469 e. The van der Waals surface area contributed by atoms with Crippen molar-refractivity contribution in [2.45, 2.75) is 58.0 Å². The third-order valence-corrected chi connectivity index (χ3v) is 5.41. The summed E-state index contributed by atoms with van der Waals surface area (Å²) in [5, 5.41) is 10.4. The van der Waals surface area contributed by atoms with E-state index < -0.39 is 6.10 Å². The first kappa shape index (κ1) is 22.8. The summed E-state index contributed by atoms with van der Waals surface area (Å²) in [6.45, 7) is 2.74.